The zero-order valence-electron chi connectivity index (χ0n) is 12.0. The van der Waals surface area contributed by atoms with Gasteiger partial charge in [-0.1, -0.05) is 18.2 Å². The summed E-state index contributed by atoms with van der Waals surface area (Å²) in [4.78, 5) is 8.61. The number of nitrogens with zero attached hydrogens (tertiary/aromatic N) is 2. The molecule has 0 saturated carbocycles. The smallest absolute Gasteiger partial charge is 0.0704 e. The lowest BCUT2D eigenvalue weighted by Gasteiger charge is -2.19. The monoisotopic (exact) mass is 278 g/mol. The van der Waals surface area contributed by atoms with Crippen LogP contribution in [0.3, 0.4) is 0 Å². The number of rotatable bonds is 4. The van der Waals surface area contributed by atoms with E-state index in [-0.39, 0.29) is 6.04 Å². The van der Waals surface area contributed by atoms with Crippen molar-refractivity contribution in [3.05, 3.63) is 71.7 Å². The number of hydrogen-bond donors (Lipinski definition) is 2. The van der Waals surface area contributed by atoms with E-state index in [1.807, 2.05) is 36.7 Å². The Morgan fingerprint density at radius 1 is 1.14 bits per heavy atom. The van der Waals surface area contributed by atoms with E-state index in [2.05, 4.69) is 34.5 Å². The topological polar surface area (TPSA) is 63.8 Å². The normalized spacial score (nSPS) is 12.5. The minimum Gasteiger partial charge on any atom is -0.271 e. The highest BCUT2D eigenvalue weighted by atomic mass is 15.2. The van der Waals surface area contributed by atoms with Gasteiger partial charge in [0.1, 0.15) is 0 Å². The highest BCUT2D eigenvalue weighted by molar-refractivity contribution is 5.81. The van der Waals surface area contributed by atoms with E-state index in [4.69, 9.17) is 5.84 Å². The summed E-state index contributed by atoms with van der Waals surface area (Å²) >= 11 is 0. The van der Waals surface area contributed by atoms with Gasteiger partial charge in [0.25, 0.3) is 0 Å². The molecule has 0 aliphatic carbocycles. The third-order valence-corrected chi connectivity index (χ3v) is 3.82. The standard InChI is InChI=1S/C17H18N4/c1-12-6-8-19-11-15(12)17(21-18)10-13-7-9-20-16-5-3-2-4-14(13)16/h2-9,11,17,21H,10,18H2,1H3. The molecule has 4 heteroatoms. The van der Waals surface area contributed by atoms with Gasteiger partial charge in [-0.2, -0.15) is 0 Å². The number of nitrogens with two attached hydrogens (primary N) is 1. The maximum atomic E-state index is 5.77. The number of pyridine rings is 2. The third kappa shape index (κ3) is 2.77. The summed E-state index contributed by atoms with van der Waals surface area (Å²) in [6, 6.07) is 12.3. The van der Waals surface area contributed by atoms with Crippen molar-refractivity contribution in [2.75, 3.05) is 0 Å². The first-order chi connectivity index (χ1) is 10.3. The van der Waals surface area contributed by atoms with Gasteiger partial charge >= 0.3 is 0 Å². The quantitative estimate of drug-likeness (QED) is 0.569. The van der Waals surface area contributed by atoms with Crippen LogP contribution in [0.4, 0.5) is 0 Å². The summed E-state index contributed by atoms with van der Waals surface area (Å²) in [6.07, 6.45) is 6.32. The second-order valence-electron chi connectivity index (χ2n) is 5.14. The minimum absolute atomic E-state index is 0.0320. The molecule has 0 aliphatic heterocycles. The van der Waals surface area contributed by atoms with Crippen LogP contribution >= 0.6 is 0 Å². The predicted octanol–water partition coefficient (Wildman–Crippen LogP) is 2.69. The molecule has 21 heavy (non-hydrogen) atoms. The highest BCUT2D eigenvalue weighted by Crippen LogP contribution is 2.24. The first-order valence-electron chi connectivity index (χ1n) is 6.99. The van der Waals surface area contributed by atoms with Crippen molar-refractivity contribution in [3.63, 3.8) is 0 Å². The van der Waals surface area contributed by atoms with Crippen molar-refractivity contribution < 1.29 is 0 Å². The Bertz CT molecular complexity index is 749. The third-order valence-electron chi connectivity index (χ3n) is 3.82. The molecule has 0 fully saturated rings. The van der Waals surface area contributed by atoms with Crippen molar-refractivity contribution in [2.45, 2.75) is 19.4 Å². The van der Waals surface area contributed by atoms with Crippen LogP contribution in [0.25, 0.3) is 10.9 Å². The van der Waals surface area contributed by atoms with E-state index in [1.54, 1.807) is 6.20 Å². The number of para-hydroxylation sites is 1. The van der Waals surface area contributed by atoms with E-state index in [0.717, 1.165) is 17.5 Å². The second-order valence-corrected chi connectivity index (χ2v) is 5.14. The molecule has 1 atom stereocenters. The number of aryl methyl sites for hydroxylation is 1. The number of hydrazine groups is 1. The molecule has 3 rings (SSSR count). The zero-order valence-corrected chi connectivity index (χ0v) is 12.0. The molecule has 4 nitrogen and oxygen atoms in total. The van der Waals surface area contributed by atoms with Crippen LogP contribution in [-0.2, 0) is 6.42 Å². The van der Waals surface area contributed by atoms with Crippen LogP contribution in [0.2, 0.25) is 0 Å². The summed E-state index contributed by atoms with van der Waals surface area (Å²) in [5.41, 5.74) is 7.46. The van der Waals surface area contributed by atoms with Crippen molar-refractivity contribution in [1.82, 2.24) is 15.4 Å². The van der Waals surface area contributed by atoms with Gasteiger partial charge in [-0.15, -0.1) is 0 Å². The molecular formula is C17H18N4. The van der Waals surface area contributed by atoms with E-state index in [0.29, 0.717) is 0 Å². The number of hydrogen-bond acceptors (Lipinski definition) is 4. The van der Waals surface area contributed by atoms with E-state index in [1.165, 1.54) is 16.5 Å². The van der Waals surface area contributed by atoms with Gasteiger partial charge in [-0.05, 0) is 48.2 Å². The molecule has 3 aromatic rings. The lowest BCUT2D eigenvalue weighted by atomic mass is 9.96. The Balaban J connectivity index is 1.98. The molecule has 0 saturated heterocycles. The van der Waals surface area contributed by atoms with Gasteiger partial charge in [0.15, 0.2) is 0 Å². The molecule has 106 valence electrons. The van der Waals surface area contributed by atoms with Crippen LogP contribution in [0.15, 0.2) is 55.0 Å². The van der Waals surface area contributed by atoms with Crippen LogP contribution in [-0.4, -0.2) is 9.97 Å². The molecule has 0 amide bonds. The van der Waals surface area contributed by atoms with Gasteiger partial charge in [0.05, 0.1) is 11.6 Å². The van der Waals surface area contributed by atoms with Crippen LogP contribution in [0.1, 0.15) is 22.7 Å². The van der Waals surface area contributed by atoms with Crippen molar-refractivity contribution in [1.29, 1.82) is 0 Å². The largest absolute Gasteiger partial charge is 0.271 e. The summed E-state index contributed by atoms with van der Waals surface area (Å²) in [5, 5.41) is 1.17. The summed E-state index contributed by atoms with van der Waals surface area (Å²) in [5.74, 6) is 5.77. The average Bonchev–Trinajstić information content (AvgIpc) is 2.53. The molecule has 0 aliphatic rings. The average molecular weight is 278 g/mol. The molecule has 1 aromatic carbocycles. The fraction of sp³-hybridized carbons (Fsp3) is 0.176. The Morgan fingerprint density at radius 3 is 2.81 bits per heavy atom. The molecule has 2 heterocycles. The molecule has 3 N–H and O–H groups in total. The van der Waals surface area contributed by atoms with E-state index in [9.17, 15) is 0 Å². The molecule has 0 radical (unpaired) electrons. The summed E-state index contributed by atoms with van der Waals surface area (Å²) < 4.78 is 0. The molecule has 2 aromatic heterocycles. The Labute approximate surface area is 124 Å². The Kier molecular flexibility index (Phi) is 3.90. The van der Waals surface area contributed by atoms with E-state index >= 15 is 0 Å². The van der Waals surface area contributed by atoms with Crippen molar-refractivity contribution >= 4 is 10.9 Å². The first kappa shape index (κ1) is 13.7. The van der Waals surface area contributed by atoms with Crippen LogP contribution in [0, 0.1) is 6.92 Å². The van der Waals surface area contributed by atoms with Crippen molar-refractivity contribution in [3.8, 4) is 0 Å². The fourth-order valence-electron chi connectivity index (χ4n) is 2.65. The molecular weight excluding hydrogens is 260 g/mol. The second kappa shape index (κ2) is 5.99. The van der Waals surface area contributed by atoms with Gasteiger partial charge in [0.2, 0.25) is 0 Å². The van der Waals surface area contributed by atoms with Gasteiger partial charge < -0.3 is 0 Å². The number of fused-ring (bicyclic) bond motifs is 1. The Hall–Kier alpha value is -2.30. The lowest BCUT2D eigenvalue weighted by molar-refractivity contribution is 0.549. The molecule has 0 bridgehead atoms. The number of benzene rings is 1. The highest BCUT2D eigenvalue weighted by Gasteiger charge is 2.14. The minimum atomic E-state index is 0.0320. The fourth-order valence-corrected chi connectivity index (χ4v) is 2.65. The maximum absolute atomic E-state index is 5.77. The number of aromatic nitrogens is 2. The van der Waals surface area contributed by atoms with Crippen LogP contribution < -0.4 is 11.3 Å². The Morgan fingerprint density at radius 2 is 2.00 bits per heavy atom. The van der Waals surface area contributed by atoms with Crippen molar-refractivity contribution in [2.24, 2.45) is 5.84 Å². The van der Waals surface area contributed by atoms with Gasteiger partial charge in [-0.3, -0.25) is 21.2 Å². The summed E-state index contributed by atoms with van der Waals surface area (Å²) in [6.45, 7) is 2.08. The van der Waals surface area contributed by atoms with Gasteiger partial charge in [0, 0.05) is 24.0 Å². The zero-order chi connectivity index (χ0) is 14.7. The number of nitrogens with one attached hydrogen (secondary N) is 1. The summed E-state index contributed by atoms with van der Waals surface area (Å²) in [7, 11) is 0. The first-order valence-corrected chi connectivity index (χ1v) is 6.99. The van der Waals surface area contributed by atoms with E-state index < -0.39 is 0 Å². The lowest BCUT2D eigenvalue weighted by Crippen LogP contribution is -2.30. The molecule has 0 spiro atoms. The van der Waals surface area contributed by atoms with Gasteiger partial charge in [-0.25, -0.2) is 0 Å². The molecule has 1 unspecified atom stereocenters. The van der Waals surface area contributed by atoms with Crippen LogP contribution in [0.5, 0.6) is 0 Å². The SMILES string of the molecule is Cc1ccncc1C(Cc1ccnc2ccccc12)NN. The predicted molar refractivity (Wildman–Crippen MR) is 84.5 cm³/mol. The maximum Gasteiger partial charge on any atom is 0.0704 e.